The molecular formula is C31H36N4O4S. The van der Waals surface area contributed by atoms with E-state index in [0.717, 1.165) is 29.7 Å². The maximum atomic E-state index is 14.2. The average Bonchev–Trinajstić information content (AvgIpc) is 3.59. The first-order valence-corrected chi connectivity index (χ1v) is 15.4. The number of hydrogen-bond donors (Lipinski definition) is 2. The third kappa shape index (κ3) is 4.53. The van der Waals surface area contributed by atoms with Crippen LogP contribution >= 0.6 is 11.8 Å². The number of likely N-dealkylation sites (tertiary alicyclic amines) is 1. The number of rotatable bonds is 7. The smallest absolute Gasteiger partial charge is 0.246 e. The SMILES string of the molecule is CSc1cccc(NC(=O)C2[C@@H]3C=CC4(O3)C(C(=O)NC3CCCC(C)C3C)N(Cc3cccnc3)C(=O)[C@H]24)c1. The van der Waals surface area contributed by atoms with E-state index >= 15 is 0 Å². The van der Waals surface area contributed by atoms with Gasteiger partial charge in [0.2, 0.25) is 17.7 Å². The Morgan fingerprint density at radius 3 is 2.80 bits per heavy atom. The second-order valence-electron chi connectivity index (χ2n) is 11.6. The van der Waals surface area contributed by atoms with Gasteiger partial charge >= 0.3 is 0 Å². The summed E-state index contributed by atoms with van der Waals surface area (Å²) in [7, 11) is 0. The number of hydrogen-bond acceptors (Lipinski definition) is 6. The van der Waals surface area contributed by atoms with E-state index in [9.17, 15) is 14.4 Å². The van der Waals surface area contributed by atoms with Crippen LogP contribution in [-0.2, 0) is 25.7 Å². The lowest BCUT2D eigenvalue weighted by Crippen LogP contribution is -2.57. The minimum Gasteiger partial charge on any atom is -0.359 e. The molecule has 8 nitrogen and oxygen atoms in total. The molecule has 40 heavy (non-hydrogen) atoms. The molecule has 2 saturated heterocycles. The first-order valence-electron chi connectivity index (χ1n) is 14.1. The van der Waals surface area contributed by atoms with Crippen LogP contribution in [-0.4, -0.2) is 57.6 Å². The molecule has 2 bridgehead atoms. The largest absolute Gasteiger partial charge is 0.359 e. The van der Waals surface area contributed by atoms with Gasteiger partial charge in [-0.15, -0.1) is 11.8 Å². The molecule has 0 radical (unpaired) electrons. The summed E-state index contributed by atoms with van der Waals surface area (Å²) in [6.07, 6.45) is 11.6. The molecule has 1 aromatic heterocycles. The molecule has 210 valence electrons. The van der Waals surface area contributed by atoms with Crippen molar-refractivity contribution in [3.8, 4) is 0 Å². The number of anilines is 1. The lowest BCUT2D eigenvalue weighted by atomic mass is 9.73. The number of nitrogens with one attached hydrogen (secondary N) is 2. The molecule has 1 aliphatic carbocycles. The second kappa shape index (κ2) is 10.7. The molecule has 9 heteroatoms. The zero-order valence-corrected chi connectivity index (χ0v) is 23.9. The number of aromatic nitrogens is 1. The van der Waals surface area contributed by atoms with E-state index in [1.165, 1.54) is 0 Å². The highest BCUT2D eigenvalue weighted by Crippen LogP contribution is 2.55. The van der Waals surface area contributed by atoms with E-state index < -0.39 is 29.6 Å². The fourth-order valence-electron chi connectivity index (χ4n) is 7.10. The lowest BCUT2D eigenvalue weighted by Gasteiger charge is -2.38. The Bertz CT molecular complexity index is 1340. The van der Waals surface area contributed by atoms with Gasteiger partial charge in [-0.25, -0.2) is 0 Å². The fourth-order valence-corrected chi connectivity index (χ4v) is 7.56. The van der Waals surface area contributed by atoms with Gasteiger partial charge < -0.3 is 20.3 Å². The Hall–Kier alpha value is -3.17. The molecule has 2 aromatic rings. The summed E-state index contributed by atoms with van der Waals surface area (Å²) in [6.45, 7) is 4.63. The minimum atomic E-state index is -1.19. The zero-order valence-electron chi connectivity index (χ0n) is 23.1. The zero-order chi connectivity index (χ0) is 28.0. The van der Waals surface area contributed by atoms with Gasteiger partial charge in [0.25, 0.3) is 0 Å². The topological polar surface area (TPSA) is 101 Å². The summed E-state index contributed by atoms with van der Waals surface area (Å²) in [4.78, 5) is 48.9. The van der Waals surface area contributed by atoms with E-state index in [2.05, 4.69) is 29.5 Å². The van der Waals surface area contributed by atoms with Crippen LogP contribution in [0.25, 0.3) is 0 Å². The number of benzene rings is 1. The minimum absolute atomic E-state index is 0.0347. The first kappa shape index (κ1) is 27.0. The average molecular weight is 561 g/mol. The van der Waals surface area contributed by atoms with E-state index in [-0.39, 0.29) is 30.3 Å². The highest BCUT2D eigenvalue weighted by Gasteiger charge is 2.72. The quantitative estimate of drug-likeness (QED) is 0.392. The number of nitrogens with zero attached hydrogens (tertiary/aromatic N) is 2. The monoisotopic (exact) mass is 560 g/mol. The van der Waals surface area contributed by atoms with Crippen molar-refractivity contribution < 1.29 is 19.1 Å². The van der Waals surface area contributed by atoms with Gasteiger partial charge in [-0.2, -0.15) is 0 Å². The molecule has 6 rings (SSSR count). The molecule has 4 heterocycles. The molecule has 4 aliphatic rings. The Kier molecular flexibility index (Phi) is 7.21. The van der Waals surface area contributed by atoms with Crippen LogP contribution in [0.3, 0.4) is 0 Å². The van der Waals surface area contributed by atoms with Crippen molar-refractivity contribution in [2.45, 2.75) is 68.3 Å². The van der Waals surface area contributed by atoms with Gasteiger partial charge in [0.05, 0.1) is 17.9 Å². The number of fused-ring (bicyclic) bond motifs is 1. The molecule has 1 saturated carbocycles. The second-order valence-corrected chi connectivity index (χ2v) is 12.5. The molecule has 3 amide bonds. The third-order valence-electron chi connectivity index (χ3n) is 9.37. The van der Waals surface area contributed by atoms with E-state index in [1.807, 2.05) is 54.8 Å². The highest BCUT2D eigenvalue weighted by atomic mass is 32.2. The van der Waals surface area contributed by atoms with Crippen LogP contribution in [0.5, 0.6) is 0 Å². The molecule has 3 fully saturated rings. The van der Waals surface area contributed by atoms with Crippen LogP contribution < -0.4 is 10.6 Å². The fraction of sp³-hybridized carbons (Fsp3) is 0.484. The summed E-state index contributed by atoms with van der Waals surface area (Å²) in [6, 6.07) is 10.5. The third-order valence-corrected chi connectivity index (χ3v) is 10.1. The molecule has 8 atom stereocenters. The van der Waals surface area contributed by atoms with Crippen molar-refractivity contribution >= 4 is 35.2 Å². The van der Waals surface area contributed by atoms with Crippen molar-refractivity contribution in [1.82, 2.24) is 15.2 Å². The van der Waals surface area contributed by atoms with Gasteiger partial charge in [-0.3, -0.25) is 19.4 Å². The van der Waals surface area contributed by atoms with E-state index in [1.54, 1.807) is 29.1 Å². The number of ether oxygens (including phenoxy) is 1. The van der Waals surface area contributed by atoms with Crippen LogP contribution in [0.2, 0.25) is 0 Å². The molecule has 6 unspecified atom stereocenters. The lowest BCUT2D eigenvalue weighted by molar-refractivity contribution is -0.142. The first-order chi connectivity index (χ1) is 19.3. The Labute approximate surface area is 239 Å². The van der Waals surface area contributed by atoms with Crippen LogP contribution in [0, 0.1) is 23.7 Å². The molecule has 1 spiro atoms. The summed E-state index contributed by atoms with van der Waals surface area (Å²) < 4.78 is 6.49. The Morgan fingerprint density at radius 2 is 2.02 bits per heavy atom. The summed E-state index contributed by atoms with van der Waals surface area (Å²) in [5.74, 6) is -1.41. The van der Waals surface area contributed by atoms with Gasteiger partial charge in [-0.05, 0) is 54.3 Å². The van der Waals surface area contributed by atoms with Crippen molar-refractivity contribution in [2.75, 3.05) is 11.6 Å². The normalized spacial score (nSPS) is 34.1. The summed E-state index contributed by atoms with van der Waals surface area (Å²) >= 11 is 1.59. The number of amides is 3. The van der Waals surface area contributed by atoms with Crippen molar-refractivity contribution in [2.24, 2.45) is 23.7 Å². The van der Waals surface area contributed by atoms with Gasteiger partial charge in [0.15, 0.2) is 0 Å². The highest BCUT2D eigenvalue weighted by molar-refractivity contribution is 7.98. The van der Waals surface area contributed by atoms with Crippen LogP contribution in [0.15, 0.2) is 65.8 Å². The molecule has 2 N–H and O–H groups in total. The van der Waals surface area contributed by atoms with Gasteiger partial charge in [-0.1, -0.05) is 51.0 Å². The standard InChI is InChI=1S/C31H36N4O4S/c1-18-7-4-11-23(19(18)2)34-29(37)27-31-13-12-24(39-31)25(28(36)33-21-9-5-10-22(15-21)40-3)26(31)30(38)35(27)17-20-8-6-14-32-16-20/h5-6,8-10,12-16,18-19,23-27H,4,7,11,17H2,1-3H3,(H,33,36)(H,34,37)/t18?,19?,23?,24-,25?,26-,27?,31?/m0/s1. The van der Waals surface area contributed by atoms with Crippen LogP contribution in [0.4, 0.5) is 5.69 Å². The molecular weight excluding hydrogens is 524 g/mol. The Balaban J connectivity index is 1.32. The number of carbonyl (C=O) groups is 3. The van der Waals surface area contributed by atoms with Gasteiger partial charge in [0, 0.05) is 35.6 Å². The predicted molar refractivity (Wildman–Crippen MR) is 153 cm³/mol. The molecule has 3 aliphatic heterocycles. The predicted octanol–water partition coefficient (Wildman–Crippen LogP) is 4.03. The Morgan fingerprint density at radius 1 is 1.18 bits per heavy atom. The van der Waals surface area contributed by atoms with Gasteiger partial charge in [0.1, 0.15) is 11.6 Å². The summed E-state index contributed by atoms with van der Waals surface area (Å²) in [5, 5.41) is 6.31. The van der Waals surface area contributed by atoms with Crippen molar-refractivity contribution in [3.63, 3.8) is 0 Å². The number of carbonyl (C=O) groups excluding carboxylic acids is 3. The maximum absolute atomic E-state index is 14.2. The number of pyridine rings is 1. The number of thioether (sulfide) groups is 1. The molecule has 1 aromatic carbocycles. The summed E-state index contributed by atoms with van der Waals surface area (Å²) in [5.41, 5.74) is 0.295. The van der Waals surface area contributed by atoms with Crippen LogP contribution in [0.1, 0.15) is 38.7 Å². The van der Waals surface area contributed by atoms with E-state index in [4.69, 9.17) is 4.74 Å². The van der Waals surface area contributed by atoms with Crippen molar-refractivity contribution in [3.05, 3.63) is 66.5 Å². The van der Waals surface area contributed by atoms with E-state index in [0.29, 0.717) is 17.5 Å². The maximum Gasteiger partial charge on any atom is 0.246 e. The van der Waals surface area contributed by atoms with Crippen molar-refractivity contribution in [1.29, 1.82) is 0 Å².